The van der Waals surface area contributed by atoms with Gasteiger partial charge in [0.1, 0.15) is 11.5 Å². The fraction of sp³-hybridized carbons (Fsp3) is 0.650. The number of guanidine groups is 1. The smallest absolute Gasteiger partial charge is 0.387 e. The van der Waals surface area contributed by atoms with Crippen molar-refractivity contribution in [3.63, 3.8) is 0 Å². The number of ether oxygens (including phenoxy) is 2. The van der Waals surface area contributed by atoms with Crippen molar-refractivity contribution in [3.05, 3.63) is 23.8 Å². The molecule has 0 saturated heterocycles. The average Bonchev–Trinajstić information content (AvgIpc) is 2.63. The number of rotatable bonds is 11. The first-order valence-electron chi connectivity index (χ1n) is 9.60. The van der Waals surface area contributed by atoms with Gasteiger partial charge in [-0.25, -0.2) is 0 Å². The fourth-order valence-corrected chi connectivity index (χ4v) is 3.01. The average molecular weight is 401 g/mol. The van der Waals surface area contributed by atoms with Gasteiger partial charge in [0.15, 0.2) is 5.96 Å². The van der Waals surface area contributed by atoms with Crippen molar-refractivity contribution in [3.8, 4) is 11.5 Å². The summed E-state index contributed by atoms with van der Waals surface area (Å²) in [6, 6.07) is 5.73. The Balaban J connectivity index is 2.58. The van der Waals surface area contributed by atoms with Crippen molar-refractivity contribution in [1.29, 1.82) is 0 Å². The minimum absolute atomic E-state index is 0.114. The van der Waals surface area contributed by atoms with Crippen LogP contribution in [0.1, 0.15) is 39.7 Å². The van der Waals surface area contributed by atoms with Crippen molar-refractivity contribution in [2.75, 3.05) is 27.2 Å². The van der Waals surface area contributed by atoms with Gasteiger partial charge in [0, 0.05) is 44.3 Å². The Bertz CT molecular complexity index is 602. The molecule has 0 fully saturated rings. The number of hydrogen-bond acceptors (Lipinski definition) is 4. The zero-order valence-electron chi connectivity index (χ0n) is 17.8. The summed E-state index contributed by atoms with van der Waals surface area (Å²) in [5, 5.41) is 6.38. The van der Waals surface area contributed by atoms with Gasteiger partial charge in [-0.15, -0.1) is 0 Å². The zero-order chi connectivity index (χ0) is 21.1. The molecule has 160 valence electrons. The lowest BCUT2D eigenvalue weighted by atomic mass is 10.2. The molecule has 0 unspecified atom stereocenters. The number of halogens is 2. The van der Waals surface area contributed by atoms with Gasteiger partial charge in [0.2, 0.25) is 0 Å². The maximum atomic E-state index is 12.6. The lowest BCUT2D eigenvalue weighted by Crippen LogP contribution is -2.41. The van der Waals surface area contributed by atoms with E-state index in [0.29, 0.717) is 29.4 Å². The van der Waals surface area contributed by atoms with Crippen molar-refractivity contribution >= 4 is 5.96 Å². The summed E-state index contributed by atoms with van der Waals surface area (Å²) in [4.78, 5) is 6.62. The third-order valence-electron chi connectivity index (χ3n) is 4.37. The van der Waals surface area contributed by atoms with Gasteiger partial charge >= 0.3 is 6.61 Å². The van der Waals surface area contributed by atoms with Crippen molar-refractivity contribution < 1.29 is 18.3 Å². The van der Waals surface area contributed by atoms with Crippen LogP contribution in [0.5, 0.6) is 11.5 Å². The highest BCUT2D eigenvalue weighted by atomic mass is 19.3. The maximum Gasteiger partial charge on any atom is 0.387 e. The van der Waals surface area contributed by atoms with Gasteiger partial charge in [0.05, 0.1) is 7.11 Å². The number of nitrogens with zero attached hydrogens (tertiary/aromatic N) is 2. The number of alkyl halides is 2. The Hall–Kier alpha value is -2.09. The summed E-state index contributed by atoms with van der Waals surface area (Å²) in [7, 11) is 3.20. The SMILES string of the molecule is CN=C(NCCCN(C(C)C)C(C)C)NCc1cc(OC)ccc1OC(F)F. The van der Waals surface area contributed by atoms with E-state index in [2.05, 4.69) is 53.0 Å². The lowest BCUT2D eigenvalue weighted by Gasteiger charge is -2.30. The number of aliphatic imine (C=N–C) groups is 1. The predicted octanol–water partition coefficient (Wildman–Crippen LogP) is 3.47. The molecule has 6 nitrogen and oxygen atoms in total. The molecule has 0 saturated carbocycles. The topological polar surface area (TPSA) is 58.1 Å². The van der Waals surface area contributed by atoms with Crippen LogP contribution < -0.4 is 20.1 Å². The third kappa shape index (κ3) is 8.29. The van der Waals surface area contributed by atoms with E-state index in [9.17, 15) is 8.78 Å². The molecule has 0 amide bonds. The molecule has 2 N–H and O–H groups in total. The third-order valence-corrected chi connectivity index (χ3v) is 4.37. The molecule has 28 heavy (non-hydrogen) atoms. The van der Waals surface area contributed by atoms with Gasteiger partial charge in [0.25, 0.3) is 0 Å². The first-order valence-corrected chi connectivity index (χ1v) is 9.60. The van der Waals surface area contributed by atoms with Gasteiger partial charge in [-0.05, 0) is 52.3 Å². The molecule has 0 heterocycles. The van der Waals surface area contributed by atoms with E-state index in [4.69, 9.17) is 4.74 Å². The van der Waals surface area contributed by atoms with E-state index in [1.54, 1.807) is 19.2 Å². The van der Waals surface area contributed by atoms with Crippen LogP contribution in [-0.2, 0) is 6.54 Å². The predicted molar refractivity (Wildman–Crippen MR) is 109 cm³/mol. The second kappa shape index (κ2) is 12.4. The van der Waals surface area contributed by atoms with E-state index in [1.807, 2.05) is 0 Å². The minimum Gasteiger partial charge on any atom is -0.497 e. The highest BCUT2D eigenvalue weighted by molar-refractivity contribution is 5.79. The fourth-order valence-electron chi connectivity index (χ4n) is 3.01. The van der Waals surface area contributed by atoms with Crippen LogP contribution in [0, 0.1) is 0 Å². The lowest BCUT2D eigenvalue weighted by molar-refractivity contribution is -0.0504. The molecular weight excluding hydrogens is 366 g/mol. The van der Waals surface area contributed by atoms with Crippen molar-refractivity contribution in [2.24, 2.45) is 4.99 Å². The van der Waals surface area contributed by atoms with Crippen LogP contribution in [0.3, 0.4) is 0 Å². The molecule has 1 aromatic rings. The molecule has 0 bridgehead atoms. The Morgan fingerprint density at radius 1 is 1.14 bits per heavy atom. The number of benzene rings is 1. The molecule has 0 radical (unpaired) electrons. The summed E-state index contributed by atoms with van der Waals surface area (Å²) in [5.41, 5.74) is 0.563. The standard InChI is InChI=1S/C20H34F2N4O2/c1-14(2)26(15(3)4)11-7-10-24-20(23-5)25-13-16-12-17(27-6)8-9-18(16)28-19(21)22/h8-9,12,14-15,19H,7,10-11,13H2,1-6H3,(H2,23,24,25). The molecule has 0 aromatic heterocycles. The normalized spacial score (nSPS) is 12.2. The largest absolute Gasteiger partial charge is 0.497 e. The van der Waals surface area contributed by atoms with E-state index >= 15 is 0 Å². The molecule has 0 atom stereocenters. The summed E-state index contributed by atoms with van der Waals surface area (Å²) in [5.74, 6) is 1.29. The van der Waals surface area contributed by atoms with Crippen LogP contribution in [0.25, 0.3) is 0 Å². The van der Waals surface area contributed by atoms with Crippen LogP contribution >= 0.6 is 0 Å². The van der Waals surface area contributed by atoms with E-state index in [-0.39, 0.29) is 12.3 Å². The Morgan fingerprint density at radius 2 is 1.82 bits per heavy atom. The molecule has 1 rings (SSSR count). The van der Waals surface area contributed by atoms with Crippen molar-refractivity contribution in [2.45, 2.75) is 59.4 Å². The van der Waals surface area contributed by atoms with Crippen LogP contribution in [0.15, 0.2) is 23.2 Å². The summed E-state index contributed by atoms with van der Waals surface area (Å²) < 4.78 is 35.0. The summed E-state index contributed by atoms with van der Waals surface area (Å²) in [6.07, 6.45) is 0.968. The molecular formula is C20H34F2N4O2. The highest BCUT2D eigenvalue weighted by Gasteiger charge is 2.13. The van der Waals surface area contributed by atoms with E-state index in [1.165, 1.54) is 13.2 Å². The minimum atomic E-state index is -2.88. The Kier molecular flexibility index (Phi) is 10.6. The molecule has 1 aromatic carbocycles. The van der Waals surface area contributed by atoms with Gasteiger partial charge < -0.3 is 20.1 Å². The van der Waals surface area contributed by atoms with Crippen LogP contribution in [0.4, 0.5) is 8.78 Å². The monoisotopic (exact) mass is 400 g/mol. The molecule has 0 aliphatic rings. The Labute approximate surface area is 167 Å². The number of nitrogens with one attached hydrogen (secondary N) is 2. The second-order valence-corrected chi connectivity index (χ2v) is 6.98. The van der Waals surface area contributed by atoms with E-state index < -0.39 is 6.61 Å². The number of methoxy groups -OCH3 is 1. The highest BCUT2D eigenvalue weighted by Crippen LogP contribution is 2.25. The maximum absolute atomic E-state index is 12.6. The summed E-state index contributed by atoms with van der Waals surface area (Å²) in [6.45, 7) is 7.93. The van der Waals surface area contributed by atoms with Crippen LogP contribution in [-0.4, -0.2) is 56.8 Å². The number of hydrogen-bond donors (Lipinski definition) is 2. The van der Waals surface area contributed by atoms with Crippen LogP contribution in [0.2, 0.25) is 0 Å². The van der Waals surface area contributed by atoms with Gasteiger partial charge in [-0.3, -0.25) is 9.89 Å². The van der Waals surface area contributed by atoms with Gasteiger partial charge in [-0.1, -0.05) is 0 Å². The molecule has 0 aliphatic heterocycles. The second-order valence-electron chi connectivity index (χ2n) is 6.98. The zero-order valence-corrected chi connectivity index (χ0v) is 17.8. The molecule has 0 spiro atoms. The quantitative estimate of drug-likeness (QED) is 0.338. The van der Waals surface area contributed by atoms with Crippen molar-refractivity contribution in [1.82, 2.24) is 15.5 Å². The Morgan fingerprint density at radius 3 is 2.36 bits per heavy atom. The summed E-state index contributed by atoms with van der Waals surface area (Å²) >= 11 is 0. The molecule has 8 heteroatoms. The van der Waals surface area contributed by atoms with Gasteiger partial charge in [-0.2, -0.15) is 8.78 Å². The molecule has 0 aliphatic carbocycles. The van der Waals surface area contributed by atoms with E-state index in [0.717, 1.165) is 19.5 Å². The first kappa shape index (κ1) is 23.9. The first-order chi connectivity index (χ1) is 13.3.